The van der Waals surface area contributed by atoms with Crippen LogP contribution in [0.5, 0.6) is 0 Å². The molecule has 0 saturated carbocycles. The molecule has 1 aromatic heterocycles. The highest BCUT2D eigenvalue weighted by Crippen LogP contribution is 1.99. The molecule has 0 aliphatic rings. The van der Waals surface area contributed by atoms with E-state index in [0.29, 0.717) is 18.5 Å². The molecular weight excluding hydrogens is 218 g/mol. The number of unbranched alkanes of at least 4 members (excludes halogenated alkanes) is 2. The molecule has 0 fully saturated rings. The van der Waals surface area contributed by atoms with Crippen LogP contribution in [0.2, 0.25) is 0 Å². The number of nitrogens with two attached hydrogens (primary N) is 1. The van der Waals surface area contributed by atoms with Gasteiger partial charge in [0.1, 0.15) is 0 Å². The van der Waals surface area contributed by atoms with Crippen molar-refractivity contribution < 1.29 is 9.59 Å². The molecule has 0 saturated heterocycles. The van der Waals surface area contributed by atoms with Gasteiger partial charge in [-0.2, -0.15) is 0 Å². The van der Waals surface area contributed by atoms with Gasteiger partial charge >= 0.3 is 0 Å². The van der Waals surface area contributed by atoms with E-state index in [2.05, 4.69) is 10.3 Å². The van der Waals surface area contributed by atoms with Crippen molar-refractivity contribution in [2.75, 3.05) is 6.54 Å². The molecule has 5 heteroatoms. The lowest BCUT2D eigenvalue weighted by Crippen LogP contribution is -2.24. The highest BCUT2D eigenvalue weighted by atomic mass is 16.1. The minimum Gasteiger partial charge on any atom is -0.370 e. The van der Waals surface area contributed by atoms with Crippen molar-refractivity contribution in [2.45, 2.75) is 25.7 Å². The Hall–Kier alpha value is -1.91. The Labute approximate surface area is 100 Å². The first-order valence-electron chi connectivity index (χ1n) is 5.66. The standard InChI is InChI=1S/C12H17N3O2/c13-11(16)4-2-1-3-7-15-12(17)10-5-8-14-9-6-10/h5-6,8-9H,1-4,7H2,(H2,13,16)(H,15,17). The molecule has 0 atom stereocenters. The SMILES string of the molecule is NC(=O)CCCCCNC(=O)c1ccncc1. The first-order valence-corrected chi connectivity index (χ1v) is 5.66. The van der Waals surface area contributed by atoms with E-state index >= 15 is 0 Å². The number of amides is 2. The molecule has 0 aliphatic carbocycles. The Balaban J connectivity index is 2.11. The summed E-state index contributed by atoms with van der Waals surface area (Å²) in [5.74, 6) is -0.367. The molecule has 0 unspecified atom stereocenters. The summed E-state index contributed by atoms with van der Waals surface area (Å²) in [5.41, 5.74) is 5.63. The number of carbonyl (C=O) groups is 2. The van der Waals surface area contributed by atoms with Crippen LogP contribution in [0.4, 0.5) is 0 Å². The Bertz CT molecular complexity index is 365. The van der Waals surface area contributed by atoms with Crippen molar-refractivity contribution in [1.29, 1.82) is 0 Å². The van der Waals surface area contributed by atoms with Crippen molar-refractivity contribution >= 4 is 11.8 Å². The number of hydrogen-bond donors (Lipinski definition) is 2. The summed E-state index contributed by atoms with van der Waals surface area (Å²) in [4.78, 5) is 25.9. The number of aromatic nitrogens is 1. The van der Waals surface area contributed by atoms with E-state index in [1.165, 1.54) is 0 Å². The predicted molar refractivity (Wildman–Crippen MR) is 64.2 cm³/mol. The monoisotopic (exact) mass is 235 g/mol. The molecule has 5 nitrogen and oxygen atoms in total. The Morgan fingerprint density at radius 1 is 1.18 bits per heavy atom. The van der Waals surface area contributed by atoms with Crippen LogP contribution in [-0.4, -0.2) is 23.3 Å². The van der Waals surface area contributed by atoms with Gasteiger partial charge < -0.3 is 11.1 Å². The summed E-state index contributed by atoms with van der Waals surface area (Å²) < 4.78 is 0. The molecule has 3 N–H and O–H groups in total. The van der Waals surface area contributed by atoms with Gasteiger partial charge in [-0.15, -0.1) is 0 Å². The topological polar surface area (TPSA) is 85.1 Å². The Kier molecular flexibility index (Phi) is 5.71. The molecular formula is C12H17N3O2. The van der Waals surface area contributed by atoms with Gasteiger partial charge in [0.25, 0.3) is 5.91 Å². The van der Waals surface area contributed by atoms with Crippen molar-refractivity contribution in [3.63, 3.8) is 0 Å². The molecule has 92 valence electrons. The second-order valence-electron chi connectivity index (χ2n) is 3.77. The van der Waals surface area contributed by atoms with E-state index in [4.69, 9.17) is 5.73 Å². The summed E-state index contributed by atoms with van der Waals surface area (Å²) in [6.07, 6.45) is 6.10. The van der Waals surface area contributed by atoms with E-state index in [9.17, 15) is 9.59 Å². The molecule has 0 aromatic carbocycles. The third kappa shape index (κ3) is 5.65. The van der Waals surface area contributed by atoms with Crippen LogP contribution in [-0.2, 0) is 4.79 Å². The van der Waals surface area contributed by atoms with Gasteiger partial charge in [-0.05, 0) is 25.0 Å². The minimum atomic E-state index is -0.272. The Morgan fingerprint density at radius 3 is 2.53 bits per heavy atom. The van der Waals surface area contributed by atoms with Crippen molar-refractivity contribution in [2.24, 2.45) is 5.73 Å². The average Bonchev–Trinajstić information content (AvgIpc) is 2.34. The quantitative estimate of drug-likeness (QED) is 0.687. The molecule has 1 heterocycles. The number of carbonyl (C=O) groups excluding carboxylic acids is 2. The van der Waals surface area contributed by atoms with E-state index in [-0.39, 0.29) is 11.8 Å². The molecule has 0 aliphatic heterocycles. The van der Waals surface area contributed by atoms with Crippen molar-refractivity contribution in [1.82, 2.24) is 10.3 Å². The molecule has 0 spiro atoms. The number of nitrogens with zero attached hydrogens (tertiary/aromatic N) is 1. The van der Waals surface area contributed by atoms with Crippen molar-refractivity contribution in [3.8, 4) is 0 Å². The average molecular weight is 235 g/mol. The van der Waals surface area contributed by atoms with Gasteiger partial charge in [0.2, 0.25) is 5.91 Å². The number of pyridine rings is 1. The van der Waals surface area contributed by atoms with E-state index in [1.807, 2.05) is 0 Å². The van der Waals surface area contributed by atoms with Crippen LogP contribution in [0.15, 0.2) is 24.5 Å². The number of primary amides is 1. The maximum Gasteiger partial charge on any atom is 0.251 e. The lowest BCUT2D eigenvalue weighted by molar-refractivity contribution is -0.118. The first kappa shape index (κ1) is 13.2. The van der Waals surface area contributed by atoms with Gasteiger partial charge in [0, 0.05) is 30.9 Å². The van der Waals surface area contributed by atoms with Gasteiger partial charge in [0.15, 0.2) is 0 Å². The zero-order valence-corrected chi connectivity index (χ0v) is 9.69. The third-order valence-corrected chi connectivity index (χ3v) is 2.33. The van der Waals surface area contributed by atoms with Gasteiger partial charge in [-0.1, -0.05) is 6.42 Å². The number of hydrogen-bond acceptors (Lipinski definition) is 3. The smallest absolute Gasteiger partial charge is 0.251 e. The lowest BCUT2D eigenvalue weighted by Gasteiger charge is -2.04. The second kappa shape index (κ2) is 7.38. The molecule has 1 rings (SSSR count). The summed E-state index contributed by atoms with van der Waals surface area (Å²) in [6.45, 7) is 0.611. The van der Waals surface area contributed by atoms with Crippen LogP contribution in [0.3, 0.4) is 0 Å². The summed E-state index contributed by atoms with van der Waals surface area (Å²) >= 11 is 0. The lowest BCUT2D eigenvalue weighted by atomic mass is 10.2. The fourth-order valence-corrected chi connectivity index (χ4v) is 1.41. The van der Waals surface area contributed by atoms with Gasteiger partial charge in [0.05, 0.1) is 0 Å². The fourth-order valence-electron chi connectivity index (χ4n) is 1.41. The minimum absolute atomic E-state index is 0.0951. The number of rotatable bonds is 7. The summed E-state index contributed by atoms with van der Waals surface area (Å²) in [5, 5.41) is 2.80. The zero-order chi connectivity index (χ0) is 12.5. The van der Waals surface area contributed by atoms with Gasteiger partial charge in [-0.3, -0.25) is 14.6 Å². The first-order chi connectivity index (χ1) is 8.20. The molecule has 17 heavy (non-hydrogen) atoms. The van der Waals surface area contributed by atoms with Gasteiger partial charge in [-0.25, -0.2) is 0 Å². The van der Waals surface area contributed by atoms with Crippen LogP contribution < -0.4 is 11.1 Å². The maximum absolute atomic E-state index is 11.6. The second-order valence-corrected chi connectivity index (χ2v) is 3.77. The fraction of sp³-hybridized carbons (Fsp3) is 0.417. The Morgan fingerprint density at radius 2 is 1.88 bits per heavy atom. The molecule has 1 aromatic rings. The largest absolute Gasteiger partial charge is 0.370 e. The summed E-state index contributed by atoms with van der Waals surface area (Å²) in [6, 6.07) is 3.34. The molecule has 2 amide bonds. The van der Waals surface area contributed by atoms with Crippen LogP contribution in [0.25, 0.3) is 0 Å². The highest BCUT2D eigenvalue weighted by molar-refractivity contribution is 5.93. The van der Waals surface area contributed by atoms with Crippen LogP contribution in [0, 0.1) is 0 Å². The maximum atomic E-state index is 11.6. The van der Waals surface area contributed by atoms with E-state index in [0.717, 1.165) is 19.3 Å². The zero-order valence-electron chi connectivity index (χ0n) is 9.69. The summed E-state index contributed by atoms with van der Waals surface area (Å²) in [7, 11) is 0. The third-order valence-electron chi connectivity index (χ3n) is 2.33. The highest BCUT2D eigenvalue weighted by Gasteiger charge is 2.03. The normalized spacial score (nSPS) is 9.88. The van der Waals surface area contributed by atoms with Crippen molar-refractivity contribution in [3.05, 3.63) is 30.1 Å². The van der Waals surface area contributed by atoms with E-state index < -0.39 is 0 Å². The number of nitrogens with one attached hydrogen (secondary N) is 1. The van der Waals surface area contributed by atoms with Crippen LogP contribution in [0.1, 0.15) is 36.0 Å². The predicted octanol–water partition coefficient (Wildman–Crippen LogP) is 0.857. The van der Waals surface area contributed by atoms with E-state index in [1.54, 1.807) is 24.5 Å². The molecule has 0 radical (unpaired) electrons. The van der Waals surface area contributed by atoms with Crippen LogP contribution >= 0.6 is 0 Å². The molecule has 0 bridgehead atoms.